The van der Waals surface area contributed by atoms with Crippen LogP contribution in [0.3, 0.4) is 0 Å². The van der Waals surface area contributed by atoms with Gasteiger partial charge in [0, 0.05) is 12.4 Å². The van der Waals surface area contributed by atoms with Crippen LogP contribution in [0, 0.1) is 0 Å². The van der Waals surface area contributed by atoms with E-state index in [0.717, 1.165) is 9.35 Å². The van der Waals surface area contributed by atoms with Crippen LogP contribution in [0.25, 0.3) is 0 Å². The van der Waals surface area contributed by atoms with E-state index in [1.807, 2.05) is 31.2 Å². The third kappa shape index (κ3) is 3.14. The second-order valence-corrected chi connectivity index (χ2v) is 6.04. The smallest absolute Gasteiger partial charge is 0.261 e. The number of carbonyl (C=O) groups is 1. The van der Waals surface area contributed by atoms with Crippen molar-refractivity contribution in [2.75, 3.05) is 0 Å². The summed E-state index contributed by atoms with van der Waals surface area (Å²) in [5.41, 5.74) is 1.05. The molecule has 17 heavy (non-hydrogen) atoms. The van der Waals surface area contributed by atoms with Crippen LogP contribution >= 0.6 is 27.3 Å². The maximum Gasteiger partial charge on any atom is 0.261 e. The molecule has 0 aliphatic heterocycles. The molecular weight excluding hydrogens is 300 g/mol. The predicted molar refractivity (Wildman–Crippen MR) is 72.1 cm³/mol. The molecule has 2 aromatic rings. The molecule has 0 saturated carbocycles. The van der Waals surface area contributed by atoms with E-state index in [9.17, 15) is 4.79 Å². The van der Waals surface area contributed by atoms with Gasteiger partial charge in [0.25, 0.3) is 5.91 Å². The third-order valence-corrected chi connectivity index (χ3v) is 3.97. The maximum absolute atomic E-state index is 11.9. The summed E-state index contributed by atoms with van der Waals surface area (Å²) < 4.78 is 0.958. The molecule has 0 spiro atoms. The Morgan fingerprint density at radius 1 is 1.35 bits per heavy atom. The molecule has 0 aliphatic rings. The van der Waals surface area contributed by atoms with Gasteiger partial charge in [-0.15, -0.1) is 11.3 Å². The Labute approximate surface area is 112 Å². The summed E-state index contributed by atoms with van der Waals surface area (Å²) in [5, 5.41) is 2.95. The molecule has 2 rings (SSSR count). The summed E-state index contributed by atoms with van der Waals surface area (Å²) >= 11 is 4.77. The van der Waals surface area contributed by atoms with E-state index >= 15 is 0 Å². The van der Waals surface area contributed by atoms with Gasteiger partial charge in [0.2, 0.25) is 0 Å². The van der Waals surface area contributed by atoms with Crippen LogP contribution in [-0.4, -0.2) is 10.9 Å². The first-order valence-electron chi connectivity index (χ1n) is 5.13. The van der Waals surface area contributed by atoms with E-state index in [2.05, 4.69) is 26.2 Å². The Balaban J connectivity index is 2.04. The highest BCUT2D eigenvalue weighted by Gasteiger charge is 2.12. The van der Waals surface area contributed by atoms with Crippen molar-refractivity contribution in [2.45, 2.75) is 13.0 Å². The lowest BCUT2D eigenvalue weighted by Crippen LogP contribution is -2.25. The van der Waals surface area contributed by atoms with E-state index in [1.54, 1.807) is 12.4 Å². The minimum absolute atomic E-state index is 0.0219. The molecule has 3 nitrogen and oxygen atoms in total. The van der Waals surface area contributed by atoms with Crippen LogP contribution in [0.1, 0.15) is 28.2 Å². The third-order valence-electron chi connectivity index (χ3n) is 2.35. The zero-order valence-electron chi connectivity index (χ0n) is 9.18. The number of aromatic nitrogens is 1. The molecule has 1 N–H and O–H groups in total. The number of halogens is 1. The molecule has 5 heteroatoms. The van der Waals surface area contributed by atoms with E-state index in [0.29, 0.717) is 4.88 Å². The second kappa shape index (κ2) is 5.42. The minimum Gasteiger partial charge on any atom is -0.345 e. The Morgan fingerprint density at radius 3 is 2.65 bits per heavy atom. The summed E-state index contributed by atoms with van der Waals surface area (Å²) in [7, 11) is 0. The molecule has 0 bridgehead atoms. The second-order valence-electron chi connectivity index (χ2n) is 3.58. The predicted octanol–water partition coefficient (Wildman–Crippen LogP) is 3.40. The average molecular weight is 311 g/mol. The number of pyridine rings is 1. The van der Waals surface area contributed by atoms with Crippen molar-refractivity contribution in [3.05, 3.63) is 50.9 Å². The molecule has 0 aliphatic carbocycles. The number of carbonyl (C=O) groups excluding carboxylic acids is 1. The first-order chi connectivity index (χ1) is 8.16. The Bertz CT molecular complexity index is 512. The molecule has 0 fully saturated rings. The number of thiophene rings is 1. The van der Waals surface area contributed by atoms with Gasteiger partial charge < -0.3 is 5.32 Å². The van der Waals surface area contributed by atoms with Crippen molar-refractivity contribution in [1.29, 1.82) is 0 Å². The highest BCUT2D eigenvalue weighted by Crippen LogP contribution is 2.22. The minimum atomic E-state index is -0.0509. The topological polar surface area (TPSA) is 42.0 Å². The zero-order chi connectivity index (χ0) is 12.3. The van der Waals surface area contributed by atoms with Crippen LogP contribution in [0.15, 0.2) is 40.4 Å². The Hall–Kier alpha value is -1.20. The standard InChI is InChI=1S/C12H11BrN2OS/c1-8(9-4-6-14-7-5-9)15-12(16)10-2-3-11(13)17-10/h2-8H,1H3,(H,15,16)/t8-/m0/s1. The van der Waals surface area contributed by atoms with Gasteiger partial charge in [-0.1, -0.05) is 0 Å². The fourth-order valence-corrected chi connectivity index (χ4v) is 2.73. The lowest BCUT2D eigenvalue weighted by atomic mass is 10.1. The van der Waals surface area contributed by atoms with Crippen molar-refractivity contribution in [1.82, 2.24) is 10.3 Å². The number of hydrogen-bond acceptors (Lipinski definition) is 3. The van der Waals surface area contributed by atoms with Gasteiger partial charge in [0.05, 0.1) is 14.7 Å². The van der Waals surface area contributed by atoms with Gasteiger partial charge in [-0.05, 0) is 52.7 Å². The van der Waals surface area contributed by atoms with Crippen LogP contribution in [0.5, 0.6) is 0 Å². The molecular formula is C12H11BrN2OS. The fourth-order valence-electron chi connectivity index (χ4n) is 1.44. The van der Waals surface area contributed by atoms with Crippen LogP contribution in [0.2, 0.25) is 0 Å². The van der Waals surface area contributed by atoms with Crippen molar-refractivity contribution in [3.8, 4) is 0 Å². The number of nitrogens with one attached hydrogen (secondary N) is 1. The molecule has 1 amide bonds. The number of amides is 1. The summed E-state index contributed by atoms with van der Waals surface area (Å²) in [6.07, 6.45) is 3.44. The van der Waals surface area contributed by atoms with Gasteiger partial charge in [0.1, 0.15) is 0 Å². The van der Waals surface area contributed by atoms with Crippen molar-refractivity contribution >= 4 is 33.2 Å². The van der Waals surface area contributed by atoms with E-state index in [4.69, 9.17) is 0 Å². The number of hydrogen-bond donors (Lipinski definition) is 1. The molecule has 2 aromatic heterocycles. The average Bonchev–Trinajstić information content (AvgIpc) is 2.77. The van der Waals surface area contributed by atoms with Gasteiger partial charge in [-0.25, -0.2) is 0 Å². The highest BCUT2D eigenvalue weighted by molar-refractivity contribution is 9.11. The summed E-state index contributed by atoms with van der Waals surface area (Å²) in [6, 6.07) is 7.45. The zero-order valence-corrected chi connectivity index (χ0v) is 11.6. The number of nitrogens with zero attached hydrogens (tertiary/aromatic N) is 1. The normalized spacial score (nSPS) is 12.1. The van der Waals surface area contributed by atoms with Gasteiger partial charge in [-0.3, -0.25) is 9.78 Å². The maximum atomic E-state index is 11.9. The van der Waals surface area contributed by atoms with Gasteiger partial charge in [-0.2, -0.15) is 0 Å². The van der Waals surface area contributed by atoms with Crippen molar-refractivity contribution in [2.24, 2.45) is 0 Å². The fraction of sp³-hybridized carbons (Fsp3) is 0.167. The lowest BCUT2D eigenvalue weighted by molar-refractivity contribution is 0.0944. The summed E-state index contributed by atoms with van der Waals surface area (Å²) in [6.45, 7) is 1.95. The molecule has 0 unspecified atom stereocenters. The quantitative estimate of drug-likeness (QED) is 0.944. The van der Waals surface area contributed by atoms with Gasteiger partial charge >= 0.3 is 0 Å². The highest BCUT2D eigenvalue weighted by atomic mass is 79.9. The van der Waals surface area contributed by atoms with Gasteiger partial charge in [0.15, 0.2) is 0 Å². The Morgan fingerprint density at radius 2 is 2.06 bits per heavy atom. The monoisotopic (exact) mass is 310 g/mol. The van der Waals surface area contributed by atoms with Crippen molar-refractivity contribution < 1.29 is 4.79 Å². The molecule has 88 valence electrons. The van der Waals surface area contributed by atoms with E-state index < -0.39 is 0 Å². The van der Waals surface area contributed by atoms with E-state index in [1.165, 1.54) is 11.3 Å². The summed E-state index contributed by atoms with van der Waals surface area (Å²) in [5.74, 6) is -0.0509. The molecule has 0 radical (unpaired) electrons. The lowest BCUT2D eigenvalue weighted by Gasteiger charge is -2.13. The van der Waals surface area contributed by atoms with Crippen molar-refractivity contribution in [3.63, 3.8) is 0 Å². The first kappa shape index (κ1) is 12.3. The molecule has 2 heterocycles. The van der Waals surface area contributed by atoms with Crippen LogP contribution in [-0.2, 0) is 0 Å². The van der Waals surface area contributed by atoms with Crippen LogP contribution in [0.4, 0.5) is 0 Å². The molecule has 0 aromatic carbocycles. The number of rotatable bonds is 3. The molecule has 1 atom stereocenters. The largest absolute Gasteiger partial charge is 0.345 e. The Kier molecular flexibility index (Phi) is 3.91. The first-order valence-corrected chi connectivity index (χ1v) is 6.74. The summed E-state index contributed by atoms with van der Waals surface area (Å²) in [4.78, 5) is 16.6. The SMILES string of the molecule is C[C@H](NC(=O)c1ccc(Br)s1)c1ccncc1. The van der Waals surface area contributed by atoms with Crippen LogP contribution < -0.4 is 5.32 Å². The van der Waals surface area contributed by atoms with E-state index in [-0.39, 0.29) is 11.9 Å². The molecule has 0 saturated heterocycles.